The van der Waals surface area contributed by atoms with Crippen molar-refractivity contribution in [1.82, 2.24) is 9.13 Å². The van der Waals surface area contributed by atoms with Crippen LogP contribution in [0.5, 0.6) is 11.6 Å². The first kappa shape index (κ1) is 22.4. The summed E-state index contributed by atoms with van der Waals surface area (Å²) in [5.41, 5.74) is 0.436. The van der Waals surface area contributed by atoms with Gasteiger partial charge in [-0.15, -0.1) is 11.8 Å². The van der Waals surface area contributed by atoms with E-state index in [1.54, 1.807) is 31.4 Å². The number of aliphatic imine (C=N–C) groups is 1. The van der Waals surface area contributed by atoms with Gasteiger partial charge in [-0.2, -0.15) is 0 Å². The van der Waals surface area contributed by atoms with Gasteiger partial charge in [0.05, 0.1) is 12.8 Å². The molecule has 4 rings (SSSR count). The van der Waals surface area contributed by atoms with Gasteiger partial charge in [-0.3, -0.25) is 13.9 Å². The molecule has 7 nitrogen and oxygen atoms in total. The first-order chi connectivity index (χ1) is 15.9. The molecule has 1 aromatic heterocycles. The predicted octanol–water partition coefficient (Wildman–Crippen LogP) is 3.96. The number of methoxy groups -OCH3 is 1. The van der Waals surface area contributed by atoms with Gasteiger partial charge in [0, 0.05) is 19.8 Å². The van der Waals surface area contributed by atoms with Crippen LogP contribution in [-0.4, -0.2) is 26.4 Å². The lowest BCUT2D eigenvalue weighted by Crippen LogP contribution is -2.39. The van der Waals surface area contributed by atoms with Gasteiger partial charge in [0.25, 0.3) is 5.56 Å². The van der Waals surface area contributed by atoms with Crippen LogP contribution in [0.2, 0.25) is 0 Å². The Bertz CT molecular complexity index is 1470. The average Bonchev–Trinajstić information content (AvgIpc) is 2.85. The molecule has 0 spiro atoms. The van der Waals surface area contributed by atoms with E-state index >= 15 is 0 Å². The van der Waals surface area contributed by atoms with Gasteiger partial charge in [-0.1, -0.05) is 42.5 Å². The molecule has 0 radical (unpaired) electrons. The smallest absolute Gasteiger partial charge is 0.333 e. The summed E-state index contributed by atoms with van der Waals surface area (Å²) in [5.74, 6) is 0.780. The minimum Gasteiger partial charge on any atom is -0.497 e. The van der Waals surface area contributed by atoms with Gasteiger partial charge in [0.1, 0.15) is 16.4 Å². The van der Waals surface area contributed by atoms with Crippen molar-refractivity contribution in [3.05, 3.63) is 98.7 Å². The number of aromatic hydroxyl groups is 1. The molecule has 168 valence electrons. The molecule has 0 saturated heterocycles. The van der Waals surface area contributed by atoms with Gasteiger partial charge in [0.2, 0.25) is 5.88 Å². The van der Waals surface area contributed by atoms with Crippen molar-refractivity contribution < 1.29 is 9.84 Å². The van der Waals surface area contributed by atoms with Crippen LogP contribution in [0.4, 0.5) is 5.69 Å². The summed E-state index contributed by atoms with van der Waals surface area (Å²) in [4.78, 5) is 29.9. The highest BCUT2D eigenvalue weighted by Crippen LogP contribution is 2.29. The van der Waals surface area contributed by atoms with E-state index in [0.29, 0.717) is 22.2 Å². The summed E-state index contributed by atoms with van der Waals surface area (Å²) in [5, 5.41) is 13.3. The summed E-state index contributed by atoms with van der Waals surface area (Å²) >= 11 is 1.33. The molecular formula is C25H23N3O4S. The first-order valence-electron chi connectivity index (χ1n) is 10.2. The van der Waals surface area contributed by atoms with E-state index in [1.807, 2.05) is 42.5 Å². The lowest BCUT2D eigenvalue weighted by molar-refractivity contribution is 0.410. The normalized spacial score (nSPS) is 11.7. The Labute approximate surface area is 194 Å². The summed E-state index contributed by atoms with van der Waals surface area (Å²) in [7, 11) is 4.38. The van der Waals surface area contributed by atoms with Gasteiger partial charge < -0.3 is 9.84 Å². The summed E-state index contributed by atoms with van der Waals surface area (Å²) in [6, 6.07) is 21.2. The minimum absolute atomic E-state index is 0.0133. The number of hydrogen-bond donors (Lipinski definition) is 1. The SMILES string of the molecule is COc1ccc(N=C(SCc2cccc3ccccc23)c2c(O)n(C)c(=O)n(C)c2=O)cc1. The third-order valence-electron chi connectivity index (χ3n) is 5.39. The Morgan fingerprint density at radius 2 is 1.67 bits per heavy atom. The van der Waals surface area contributed by atoms with Crippen LogP contribution in [0.15, 0.2) is 81.3 Å². The predicted molar refractivity (Wildman–Crippen MR) is 133 cm³/mol. The Morgan fingerprint density at radius 3 is 2.39 bits per heavy atom. The van der Waals surface area contributed by atoms with Crippen molar-refractivity contribution in [1.29, 1.82) is 0 Å². The van der Waals surface area contributed by atoms with Crippen LogP contribution in [0.1, 0.15) is 11.1 Å². The van der Waals surface area contributed by atoms with Crippen LogP contribution >= 0.6 is 11.8 Å². The fourth-order valence-corrected chi connectivity index (χ4v) is 4.56. The van der Waals surface area contributed by atoms with Crippen molar-refractivity contribution in [2.24, 2.45) is 19.1 Å². The van der Waals surface area contributed by atoms with Crippen molar-refractivity contribution in [3.63, 3.8) is 0 Å². The Balaban J connectivity index is 1.82. The maximum atomic E-state index is 13.0. The van der Waals surface area contributed by atoms with Crippen LogP contribution in [0.25, 0.3) is 10.8 Å². The lowest BCUT2D eigenvalue weighted by Gasteiger charge is -2.13. The minimum atomic E-state index is -0.607. The van der Waals surface area contributed by atoms with Gasteiger partial charge in [-0.05, 0) is 40.6 Å². The van der Waals surface area contributed by atoms with Crippen LogP contribution < -0.4 is 16.0 Å². The van der Waals surface area contributed by atoms with Crippen molar-refractivity contribution in [3.8, 4) is 11.6 Å². The molecule has 0 aliphatic carbocycles. The Hall–Kier alpha value is -3.78. The molecule has 0 fully saturated rings. The number of aromatic nitrogens is 2. The zero-order chi connectivity index (χ0) is 23.5. The topological polar surface area (TPSA) is 85.8 Å². The van der Waals surface area contributed by atoms with Crippen molar-refractivity contribution in [2.45, 2.75) is 5.75 Å². The van der Waals surface area contributed by atoms with Crippen LogP contribution in [0, 0.1) is 0 Å². The summed E-state index contributed by atoms with van der Waals surface area (Å²) in [6.07, 6.45) is 0. The van der Waals surface area contributed by atoms with Gasteiger partial charge in [0.15, 0.2) is 0 Å². The second kappa shape index (κ2) is 9.38. The number of thioether (sulfide) groups is 1. The fourth-order valence-electron chi connectivity index (χ4n) is 3.52. The van der Waals surface area contributed by atoms with E-state index in [2.05, 4.69) is 4.99 Å². The monoisotopic (exact) mass is 461 g/mol. The van der Waals surface area contributed by atoms with E-state index in [0.717, 1.165) is 25.5 Å². The number of nitrogens with zero attached hydrogens (tertiary/aromatic N) is 3. The third kappa shape index (κ3) is 4.42. The van der Waals surface area contributed by atoms with E-state index in [1.165, 1.54) is 25.9 Å². The summed E-state index contributed by atoms with van der Waals surface area (Å²) < 4.78 is 7.21. The zero-order valence-electron chi connectivity index (χ0n) is 18.5. The standard InChI is InChI=1S/C25H23N3O4S/c1-27-23(29)21(24(30)28(2)25(27)31)22(26-18-11-13-19(32-3)14-12-18)33-15-17-9-6-8-16-7-4-5-10-20(16)17/h4-14,29H,15H2,1-3H3. The Kier molecular flexibility index (Phi) is 6.37. The fraction of sp³-hybridized carbons (Fsp3) is 0.160. The van der Waals surface area contributed by atoms with E-state index < -0.39 is 17.1 Å². The number of hydrogen-bond acceptors (Lipinski definition) is 6. The van der Waals surface area contributed by atoms with E-state index in [9.17, 15) is 14.7 Å². The Morgan fingerprint density at radius 1 is 0.970 bits per heavy atom. The molecule has 0 unspecified atom stereocenters. The van der Waals surface area contributed by atoms with Gasteiger partial charge >= 0.3 is 5.69 Å². The quantitative estimate of drug-likeness (QED) is 0.359. The first-order valence-corrected chi connectivity index (χ1v) is 11.2. The molecule has 3 aromatic carbocycles. The van der Waals surface area contributed by atoms with Gasteiger partial charge in [-0.25, -0.2) is 9.79 Å². The van der Waals surface area contributed by atoms with Crippen LogP contribution in [-0.2, 0) is 19.8 Å². The molecule has 1 N–H and O–H groups in total. The molecule has 33 heavy (non-hydrogen) atoms. The number of fused-ring (bicyclic) bond motifs is 1. The summed E-state index contributed by atoms with van der Waals surface area (Å²) in [6.45, 7) is 0. The largest absolute Gasteiger partial charge is 0.497 e. The van der Waals surface area contributed by atoms with E-state index in [4.69, 9.17) is 4.74 Å². The molecule has 0 bridgehead atoms. The molecule has 0 amide bonds. The third-order valence-corrected chi connectivity index (χ3v) is 6.42. The maximum absolute atomic E-state index is 13.0. The van der Waals surface area contributed by atoms with E-state index in [-0.39, 0.29) is 5.56 Å². The molecule has 8 heteroatoms. The molecular weight excluding hydrogens is 438 g/mol. The van der Waals surface area contributed by atoms with Crippen LogP contribution in [0.3, 0.4) is 0 Å². The molecule has 0 atom stereocenters. The molecule has 1 heterocycles. The highest BCUT2D eigenvalue weighted by molar-refractivity contribution is 8.13. The molecule has 0 aliphatic rings. The second-order valence-corrected chi connectivity index (χ2v) is 8.41. The number of ether oxygens (including phenoxy) is 1. The van der Waals surface area contributed by atoms with Crippen molar-refractivity contribution >= 4 is 33.3 Å². The number of rotatable bonds is 5. The highest BCUT2D eigenvalue weighted by Gasteiger charge is 2.21. The maximum Gasteiger partial charge on any atom is 0.333 e. The second-order valence-electron chi connectivity index (χ2n) is 7.45. The zero-order valence-corrected chi connectivity index (χ0v) is 19.3. The molecule has 0 aliphatic heterocycles. The number of benzene rings is 3. The average molecular weight is 462 g/mol. The molecule has 4 aromatic rings. The lowest BCUT2D eigenvalue weighted by atomic mass is 10.1. The highest BCUT2D eigenvalue weighted by atomic mass is 32.2. The van der Waals surface area contributed by atoms with Crippen molar-refractivity contribution in [2.75, 3.05) is 7.11 Å². The molecule has 0 saturated carbocycles.